The van der Waals surface area contributed by atoms with Crippen LogP contribution in [-0.4, -0.2) is 45.6 Å². The molecule has 4 unspecified atom stereocenters. The van der Waals surface area contributed by atoms with Crippen LogP contribution >= 0.6 is 11.8 Å². The SMILES string of the molecule is CC1SCCN(C2CCC2C(=O)O)C1C. The molecule has 2 fully saturated rings. The highest BCUT2D eigenvalue weighted by Gasteiger charge is 2.43. The molecule has 1 heterocycles. The fourth-order valence-corrected chi connectivity index (χ4v) is 3.71. The Morgan fingerprint density at radius 2 is 2.13 bits per heavy atom. The number of hydrogen-bond acceptors (Lipinski definition) is 3. The van der Waals surface area contributed by atoms with Crippen molar-refractivity contribution in [3.8, 4) is 0 Å². The summed E-state index contributed by atoms with van der Waals surface area (Å²) in [6.07, 6.45) is 1.93. The van der Waals surface area contributed by atoms with Crippen LogP contribution in [0, 0.1) is 5.92 Å². The topological polar surface area (TPSA) is 40.5 Å². The minimum absolute atomic E-state index is 0.109. The molecule has 1 aliphatic heterocycles. The Balaban J connectivity index is 2.00. The van der Waals surface area contributed by atoms with E-state index in [0.717, 1.165) is 25.1 Å². The molecule has 0 aromatic rings. The van der Waals surface area contributed by atoms with Crippen molar-refractivity contribution in [2.75, 3.05) is 12.3 Å². The lowest BCUT2D eigenvalue weighted by molar-refractivity contribution is -0.149. The van der Waals surface area contributed by atoms with Crippen molar-refractivity contribution in [3.63, 3.8) is 0 Å². The number of carboxylic acids is 1. The van der Waals surface area contributed by atoms with Gasteiger partial charge in [0.1, 0.15) is 0 Å². The molecular formula is C11H19NO2S. The number of carboxylic acid groups (broad SMARTS) is 1. The van der Waals surface area contributed by atoms with Crippen LogP contribution in [0.1, 0.15) is 26.7 Å². The Labute approximate surface area is 95.2 Å². The zero-order valence-corrected chi connectivity index (χ0v) is 10.2. The molecule has 4 atom stereocenters. The third kappa shape index (κ3) is 2.02. The van der Waals surface area contributed by atoms with Gasteiger partial charge in [0, 0.05) is 29.6 Å². The molecule has 15 heavy (non-hydrogen) atoms. The Morgan fingerprint density at radius 3 is 2.67 bits per heavy atom. The van der Waals surface area contributed by atoms with Gasteiger partial charge in [-0.05, 0) is 19.8 Å². The van der Waals surface area contributed by atoms with Crippen molar-refractivity contribution >= 4 is 17.7 Å². The average molecular weight is 229 g/mol. The molecule has 0 aromatic carbocycles. The van der Waals surface area contributed by atoms with Gasteiger partial charge < -0.3 is 5.11 Å². The normalized spacial score (nSPS) is 42.3. The Kier molecular flexibility index (Phi) is 3.26. The van der Waals surface area contributed by atoms with Crippen LogP contribution in [0.3, 0.4) is 0 Å². The van der Waals surface area contributed by atoms with Crippen LogP contribution in [0.2, 0.25) is 0 Å². The molecule has 0 spiro atoms. The quantitative estimate of drug-likeness (QED) is 0.782. The summed E-state index contributed by atoms with van der Waals surface area (Å²) in [4.78, 5) is 13.4. The van der Waals surface area contributed by atoms with E-state index in [4.69, 9.17) is 5.11 Å². The number of aliphatic carboxylic acids is 1. The molecule has 1 saturated heterocycles. The fourth-order valence-electron chi connectivity index (χ4n) is 2.59. The Morgan fingerprint density at radius 1 is 1.40 bits per heavy atom. The largest absolute Gasteiger partial charge is 0.481 e. The molecule has 2 rings (SSSR count). The summed E-state index contributed by atoms with van der Waals surface area (Å²) in [6, 6.07) is 0.830. The maximum Gasteiger partial charge on any atom is 0.308 e. The van der Waals surface area contributed by atoms with E-state index >= 15 is 0 Å². The molecule has 0 radical (unpaired) electrons. The van der Waals surface area contributed by atoms with E-state index in [-0.39, 0.29) is 5.92 Å². The van der Waals surface area contributed by atoms with Gasteiger partial charge in [0.05, 0.1) is 5.92 Å². The van der Waals surface area contributed by atoms with Crippen LogP contribution in [0.4, 0.5) is 0 Å². The van der Waals surface area contributed by atoms with Crippen molar-refractivity contribution in [3.05, 3.63) is 0 Å². The number of hydrogen-bond donors (Lipinski definition) is 1. The lowest BCUT2D eigenvalue weighted by Gasteiger charge is -2.48. The van der Waals surface area contributed by atoms with Crippen LogP contribution in [0.15, 0.2) is 0 Å². The van der Waals surface area contributed by atoms with Crippen molar-refractivity contribution in [2.24, 2.45) is 5.92 Å². The first-order valence-corrected chi connectivity index (χ1v) is 6.76. The van der Waals surface area contributed by atoms with E-state index in [1.54, 1.807) is 0 Å². The van der Waals surface area contributed by atoms with E-state index < -0.39 is 5.97 Å². The lowest BCUT2D eigenvalue weighted by Crippen LogP contribution is -2.57. The standard InChI is InChI=1S/C11H19NO2S/c1-7-8(2)15-6-5-12(7)10-4-3-9(10)11(13)14/h7-10H,3-6H2,1-2H3,(H,13,14). The zero-order chi connectivity index (χ0) is 11.0. The highest BCUT2D eigenvalue weighted by Crippen LogP contribution is 2.37. The first-order valence-electron chi connectivity index (χ1n) is 5.71. The van der Waals surface area contributed by atoms with Gasteiger partial charge in [0.25, 0.3) is 0 Å². The van der Waals surface area contributed by atoms with Crippen LogP contribution in [0.25, 0.3) is 0 Å². The molecule has 4 heteroatoms. The molecule has 2 aliphatic rings. The fraction of sp³-hybridized carbons (Fsp3) is 0.909. The molecule has 3 nitrogen and oxygen atoms in total. The number of rotatable bonds is 2. The summed E-state index contributed by atoms with van der Waals surface area (Å²) in [7, 11) is 0. The maximum absolute atomic E-state index is 11.0. The molecule has 86 valence electrons. The predicted octanol–water partition coefficient (Wildman–Crippen LogP) is 1.68. The number of thioether (sulfide) groups is 1. The second-order valence-electron chi connectivity index (χ2n) is 4.64. The minimum Gasteiger partial charge on any atom is -0.481 e. The first-order chi connectivity index (χ1) is 7.11. The first kappa shape index (κ1) is 11.3. The Hall–Kier alpha value is -0.220. The monoisotopic (exact) mass is 229 g/mol. The van der Waals surface area contributed by atoms with E-state index in [1.807, 2.05) is 11.8 Å². The summed E-state index contributed by atoms with van der Waals surface area (Å²) in [5.41, 5.74) is 0. The Bertz CT molecular complexity index is 259. The smallest absolute Gasteiger partial charge is 0.308 e. The molecular weight excluding hydrogens is 210 g/mol. The van der Waals surface area contributed by atoms with Gasteiger partial charge in [-0.2, -0.15) is 11.8 Å². The van der Waals surface area contributed by atoms with Crippen LogP contribution < -0.4 is 0 Å². The highest BCUT2D eigenvalue weighted by atomic mass is 32.2. The molecule has 0 aromatic heterocycles. The summed E-state index contributed by atoms with van der Waals surface area (Å²) in [6.45, 7) is 5.54. The third-order valence-electron chi connectivity index (χ3n) is 3.91. The zero-order valence-electron chi connectivity index (χ0n) is 9.35. The van der Waals surface area contributed by atoms with E-state index in [1.165, 1.54) is 0 Å². The van der Waals surface area contributed by atoms with Crippen LogP contribution in [0.5, 0.6) is 0 Å². The minimum atomic E-state index is -0.607. The summed E-state index contributed by atoms with van der Waals surface area (Å²) >= 11 is 2.00. The molecule has 1 saturated carbocycles. The molecule has 0 bridgehead atoms. The third-order valence-corrected chi connectivity index (χ3v) is 5.25. The van der Waals surface area contributed by atoms with Gasteiger partial charge in [0.15, 0.2) is 0 Å². The second kappa shape index (κ2) is 4.34. The summed E-state index contributed by atoms with van der Waals surface area (Å²) in [5, 5.41) is 9.69. The van der Waals surface area contributed by atoms with Crippen molar-refractivity contribution in [1.29, 1.82) is 0 Å². The van der Waals surface area contributed by atoms with E-state index in [9.17, 15) is 4.79 Å². The maximum atomic E-state index is 11.0. The van der Waals surface area contributed by atoms with Crippen molar-refractivity contribution in [1.82, 2.24) is 4.90 Å². The molecule has 1 N–H and O–H groups in total. The summed E-state index contributed by atoms with van der Waals surface area (Å²) < 4.78 is 0. The predicted molar refractivity (Wildman–Crippen MR) is 62.2 cm³/mol. The van der Waals surface area contributed by atoms with Gasteiger partial charge in [-0.15, -0.1) is 0 Å². The molecule has 1 aliphatic carbocycles. The van der Waals surface area contributed by atoms with Gasteiger partial charge in [0.2, 0.25) is 0 Å². The van der Waals surface area contributed by atoms with Gasteiger partial charge >= 0.3 is 5.97 Å². The average Bonchev–Trinajstić information content (AvgIpc) is 2.10. The number of carbonyl (C=O) groups is 1. The van der Waals surface area contributed by atoms with Crippen LogP contribution in [-0.2, 0) is 4.79 Å². The number of nitrogens with zero attached hydrogens (tertiary/aromatic N) is 1. The summed E-state index contributed by atoms with van der Waals surface area (Å²) in [5.74, 6) is 0.432. The van der Waals surface area contributed by atoms with E-state index in [0.29, 0.717) is 17.3 Å². The van der Waals surface area contributed by atoms with Crippen molar-refractivity contribution in [2.45, 2.75) is 44.0 Å². The highest BCUT2D eigenvalue weighted by molar-refractivity contribution is 8.00. The van der Waals surface area contributed by atoms with Gasteiger partial charge in [-0.1, -0.05) is 6.92 Å². The van der Waals surface area contributed by atoms with Gasteiger partial charge in [-0.3, -0.25) is 9.69 Å². The molecule has 0 amide bonds. The van der Waals surface area contributed by atoms with E-state index in [2.05, 4.69) is 18.7 Å². The lowest BCUT2D eigenvalue weighted by atomic mass is 9.78. The second-order valence-corrected chi connectivity index (χ2v) is 6.13. The van der Waals surface area contributed by atoms with Gasteiger partial charge in [-0.25, -0.2) is 0 Å². The van der Waals surface area contributed by atoms with Crippen molar-refractivity contribution < 1.29 is 9.90 Å².